The normalized spacial score (nSPS) is 12.3. The molecule has 2 heterocycles. The van der Waals surface area contributed by atoms with Gasteiger partial charge in [-0.15, -0.1) is 10.2 Å². The summed E-state index contributed by atoms with van der Waals surface area (Å²) in [6.07, 6.45) is 2.59. The summed E-state index contributed by atoms with van der Waals surface area (Å²) in [6.45, 7) is 7.09. The Hall–Kier alpha value is -2.18. The van der Waals surface area contributed by atoms with Gasteiger partial charge < -0.3 is 14.4 Å². The second-order valence-electron chi connectivity index (χ2n) is 4.75. The first kappa shape index (κ1) is 14.2. The Morgan fingerprint density at radius 3 is 3.00 bits per heavy atom. The molecule has 108 valence electrons. The predicted molar refractivity (Wildman–Crippen MR) is 72.3 cm³/mol. The first-order valence-electron chi connectivity index (χ1n) is 6.71. The molecule has 0 aliphatic heterocycles. The van der Waals surface area contributed by atoms with E-state index in [4.69, 9.17) is 4.52 Å². The van der Waals surface area contributed by atoms with Crippen LogP contribution >= 0.6 is 0 Å². The molecule has 2 aromatic rings. The molecule has 2 rings (SSSR count). The van der Waals surface area contributed by atoms with Crippen LogP contribution in [0.3, 0.4) is 0 Å². The number of nitrogens with zero attached hydrogens (tertiary/aromatic N) is 4. The maximum atomic E-state index is 11.9. The minimum atomic E-state index is -0.252. The van der Waals surface area contributed by atoms with Crippen LogP contribution in [0.25, 0.3) is 0 Å². The van der Waals surface area contributed by atoms with Crippen molar-refractivity contribution in [2.24, 2.45) is 0 Å². The van der Waals surface area contributed by atoms with E-state index in [-0.39, 0.29) is 11.7 Å². The Balaban J connectivity index is 1.86. The molecule has 1 N–H and O–H groups in total. The molecule has 0 unspecified atom stereocenters. The lowest BCUT2D eigenvalue weighted by atomic mass is 10.1. The Morgan fingerprint density at radius 2 is 2.35 bits per heavy atom. The van der Waals surface area contributed by atoms with Crippen LogP contribution in [0, 0.1) is 6.92 Å². The zero-order valence-electron chi connectivity index (χ0n) is 12.0. The van der Waals surface area contributed by atoms with Crippen molar-refractivity contribution in [3.63, 3.8) is 0 Å². The van der Waals surface area contributed by atoms with Crippen molar-refractivity contribution in [3.05, 3.63) is 29.7 Å². The van der Waals surface area contributed by atoms with Gasteiger partial charge in [-0.25, -0.2) is 0 Å². The summed E-state index contributed by atoms with van der Waals surface area (Å²) in [5.41, 5.74) is 0.812. The van der Waals surface area contributed by atoms with E-state index < -0.39 is 0 Å². The van der Waals surface area contributed by atoms with Crippen LogP contribution in [0.15, 0.2) is 16.9 Å². The smallest absolute Gasteiger partial charge is 0.289 e. The monoisotopic (exact) mass is 277 g/mol. The fourth-order valence-corrected chi connectivity index (χ4v) is 1.75. The topological polar surface area (TPSA) is 85.8 Å². The summed E-state index contributed by atoms with van der Waals surface area (Å²) in [5.74, 6) is 1.11. The van der Waals surface area contributed by atoms with E-state index in [2.05, 4.69) is 27.6 Å². The van der Waals surface area contributed by atoms with Gasteiger partial charge in [0.05, 0.1) is 5.69 Å². The number of carbonyl (C=O) groups is 1. The summed E-state index contributed by atoms with van der Waals surface area (Å²) in [6, 6.07) is 1.70. The zero-order chi connectivity index (χ0) is 14.5. The summed E-state index contributed by atoms with van der Waals surface area (Å²) >= 11 is 0. The molecule has 0 radical (unpaired) electrons. The molecular weight excluding hydrogens is 258 g/mol. The van der Waals surface area contributed by atoms with Crippen molar-refractivity contribution >= 4 is 5.91 Å². The van der Waals surface area contributed by atoms with Gasteiger partial charge in [-0.3, -0.25) is 4.79 Å². The zero-order valence-corrected chi connectivity index (χ0v) is 12.0. The quantitative estimate of drug-likeness (QED) is 0.865. The van der Waals surface area contributed by atoms with Crippen LogP contribution in [0.1, 0.15) is 48.3 Å². The maximum Gasteiger partial charge on any atom is 0.289 e. The van der Waals surface area contributed by atoms with Crippen LogP contribution in [-0.2, 0) is 6.54 Å². The number of hydrogen-bond acceptors (Lipinski definition) is 5. The van der Waals surface area contributed by atoms with Gasteiger partial charge in [-0.1, -0.05) is 19.0 Å². The molecule has 0 bridgehead atoms. The summed E-state index contributed by atoms with van der Waals surface area (Å²) in [5, 5.41) is 14.4. The van der Waals surface area contributed by atoms with Gasteiger partial charge in [-0.05, 0) is 13.3 Å². The van der Waals surface area contributed by atoms with Crippen molar-refractivity contribution < 1.29 is 9.32 Å². The summed E-state index contributed by atoms with van der Waals surface area (Å²) in [7, 11) is 0. The third-order valence-corrected chi connectivity index (χ3v) is 3.32. The fourth-order valence-electron chi connectivity index (χ4n) is 1.75. The highest BCUT2D eigenvalue weighted by Crippen LogP contribution is 2.17. The molecule has 0 aliphatic rings. The molecule has 20 heavy (non-hydrogen) atoms. The number of amides is 1. The van der Waals surface area contributed by atoms with Crippen molar-refractivity contribution in [2.75, 3.05) is 6.54 Å². The first-order chi connectivity index (χ1) is 9.61. The van der Waals surface area contributed by atoms with E-state index in [1.165, 1.54) is 0 Å². The number of rotatable bonds is 6. The third-order valence-electron chi connectivity index (χ3n) is 3.32. The van der Waals surface area contributed by atoms with Crippen LogP contribution in [0.5, 0.6) is 0 Å². The predicted octanol–water partition coefficient (Wildman–Crippen LogP) is 1.52. The lowest BCUT2D eigenvalue weighted by Crippen LogP contribution is -2.27. The highest BCUT2D eigenvalue weighted by Gasteiger charge is 2.15. The SMILES string of the molecule is CC[C@H](C)c1cc(C(=O)NCCn2cnnc2C)on1. The van der Waals surface area contributed by atoms with E-state index in [0.29, 0.717) is 19.0 Å². The minimum absolute atomic E-state index is 0.251. The largest absolute Gasteiger partial charge is 0.351 e. The number of hydrogen-bond donors (Lipinski definition) is 1. The Labute approximate surface area is 117 Å². The lowest BCUT2D eigenvalue weighted by molar-refractivity contribution is 0.0915. The van der Waals surface area contributed by atoms with Gasteiger partial charge in [0.15, 0.2) is 0 Å². The molecule has 0 spiro atoms. The molecule has 0 saturated carbocycles. The van der Waals surface area contributed by atoms with Crippen molar-refractivity contribution in [1.82, 2.24) is 25.2 Å². The Kier molecular flexibility index (Phi) is 4.49. The average Bonchev–Trinajstić information content (AvgIpc) is 3.07. The van der Waals surface area contributed by atoms with Crippen molar-refractivity contribution in [1.29, 1.82) is 0 Å². The number of aromatic nitrogens is 4. The van der Waals surface area contributed by atoms with Crippen LogP contribution in [0.2, 0.25) is 0 Å². The first-order valence-corrected chi connectivity index (χ1v) is 6.71. The van der Waals surface area contributed by atoms with Gasteiger partial charge in [0, 0.05) is 25.1 Å². The van der Waals surface area contributed by atoms with Crippen LogP contribution in [-0.4, -0.2) is 32.4 Å². The lowest BCUT2D eigenvalue weighted by Gasteiger charge is -2.04. The van der Waals surface area contributed by atoms with Crippen molar-refractivity contribution in [3.8, 4) is 0 Å². The van der Waals surface area contributed by atoms with Gasteiger partial charge in [0.25, 0.3) is 5.91 Å². The molecule has 7 heteroatoms. The van der Waals surface area contributed by atoms with E-state index in [9.17, 15) is 4.79 Å². The number of nitrogens with one attached hydrogen (secondary N) is 1. The Bertz CT molecular complexity index is 575. The van der Waals surface area contributed by atoms with Crippen molar-refractivity contribution in [2.45, 2.75) is 39.7 Å². The molecule has 1 atom stereocenters. The standard InChI is InChI=1S/C13H19N5O2/c1-4-9(2)11-7-12(20-17-11)13(19)14-5-6-18-8-15-16-10(18)3/h7-9H,4-6H2,1-3H3,(H,14,19)/t9-/m0/s1. The Morgan fingerprint density at radius 1 is 1.55 bits per heavy atom. The molecule has 1 amide bonds. The van der Waals surface area contributed by atoms with E-state index in [1.54, 1.807) is 12.4 Å². The second-order valence-corrected chi connectivity index (χ2v) is 4.75. The summed E-state index contributed by atoms with van der Waals surface area (Å²) < 4.78 is 6.93. The van der Waals surface area contributed by atoms with E-state index >= 15 is 0 Å². The maximum absolute atomic E-state index is 11.9. The third kappa shape index (κ3) is 3.23. The van der Waals surface area contributed by atoms with Gasteiger partial charge in [-0.2, -0.15) is 0 Å². The molecule has 7 nitrogen and oxygen atoms in total. The van der Waals surface area contributed by atoms with Crippen LogP contribution in [0.4, 0.5) is 0 Å². The van der Waals surface area contributed by atoms with E-state index in [0.717, 1.165) is 17.9 Å². The fraction of sp³-hybridized carbons (Fsp3) is 0.538. The number of carbonyl (C=O) groups excluding carboxylic acids is 1. The minimum Gasteiger partial charge on any atom is -0.351 e. The highest BCUT2D eigenvalue weighted by molar-refractivity contribution is 5.91. The van der Waals surface area contributed by atoms with E-state index in [1.807, 2.05) is 18.4 Å². The average molecular weight is 277 g/mol. The van der Waals surface area contributed by atoms with Crippen LogP contribution < -0.4 is 5.32 Å². The number of aryl methyl sites for hydroxylation is 1. The summed E-state index contributed by atoms with van der Waals surface area (Å²) in [4.78, 5) is 11.9. The second kappa shape index (κ2) is 6.31. The molecular formula is C13H19N5O2. The van der Waals surface area contributed by atoms with Gasteiger partial charge in [0.1, 0.15) is 12.2 Å². The molecule has 0 saturated heterocycles. The molecule has 2 aromatic heterocycles. The highest BCUT2D eigenvalue weighted by atomic mass is 16.5. The molecule has 0 aromatic carbocycles. The molecule has 0 fully saturated rings. The van der Waals surface area contributed by atoms with Gasteiger partial charge >= 0.3 is 0 Å². The molecule has 0 aliphatic carbocycles. The van der Waals surface area contributed by atoms with Gasteiger partial charge in [0.2, 0.25) is 5.76 Å².